The number of rotatable bonds is 5. The van der Waals surface area contributed by atoms with Crippen LogP contribution in [0.1, 0.15) is 31.5 Å². The van der Waals surface area contributed by atoms with Gasteiger partial charge in [-0.05, 0) is 32.4 Å². The summed E-state index contributed by atoms with van der Waals surface area (Å²) in [6, 6.07) is 2.54. The number of nitrogens with zero attached hydrogens (tertiary/aromatic N) is 3. The quantitative estimate of drug-likeness (QED) is 0.867. The second-order valence-corrected chi connectivity index (χ2v) is 7.77. The van der Waals surface area contributed by atoms with E-state index >= 15 is 0 Å². The van der Waals surface area contributed by atoms with E-state index in [0.717, 1.165) is 10.9 Å². The van der Waals surface area contributed by atoms with Gasteiger partial charge in [0, 0.05) is 17.9 Å². The Morgan fingerprint density at radius 1 is 1.32 bits per heavy atom. The number of aromatic nitrogens is 3. The number of sulfone groups is 1. The van der Waals surface area contributed by atoms with Gasteiger partial charge in [0.15, 0.2) is 20.6 Å². The van der Waals surface area contributed by atoms with Crippen molar-refractivity contribution in [2.75, 3.05) is 11.6 Å². The maximum absolute atomic E-state index is 13.2. The lowest BCUT2D eigenvalue weighted by Gasteiger charge is -2.15. The first-order chi connectivity index (χ1) is 11.4. The minimum Gasteiger partial charge on any atom is -0.367 e. The number of alkyl halides is 3. The van der Waals surface area contributed by atoms with Crippen molar-refractivity contribution in [3.8, 4) is 5.69 Å². The molecule has 2 aromatic heterocycles. The fourth-order valence-electron chi connectivity index (χ4n) is 2.17. The van der Waals surface area contributed by atoms with Crippen molar-refractivity contribution in [2.24, 2.45) is 0 Å². The molecule has 25 heavy (non-hydrogen) atoms. The number of hydrogen-bond donors (Lipinski definition) is 1. The maximum atomic E-state index is 13.2. The minimum atomic E-state index is -4.60. The molecular formula is C15H19F3N4O2S. The number of anilines is 1. The van der Waals surface area contributed by atoms with Gasteiger partial charge in [0.25, 0.3) is 0 Å². The van der Waals surface area contributed by atoms with Crippen LogP contribution in [0.25, 0.3) is 5.69 Å². The molecule has 138 valence electrons. The average molecular weight is 376 g/mol. The second-order valence-electron chi connectivity index (χ2n) is 5.81. The van der Waals surface area contributed by atoms with Gasteiger partial charge in [0.1, 0.15) is 5.82 Å². The summed E-state index contributed by atoms with van der Waals surface area (Å²) < 4.78 is 63.6. The van der Waals surface area contributed by atoms with Crippen molar-refractivity contribution in [3.05, 3.63) is 29.6 Å². The van der Waals surface area contributed by atoms with E-state index in [-0.39, 0.29) is 28.1 Å². The molecular weight excluding hydrogens is 357 g/mol. The summed E-state index contributed by atoms with van der Waals surface area (Å²) in [4.78, 5) is 3.81. The lowest BCUT2D eigenvalue weighted by atomic mass is 10.2. The molecule has 2 rings (SSSR count). The molecule has 0 amide bonds. The normalized spacial score (nSPS) is 13.7. The number of hydrogen-bond acceptors (Lipinski definition) is 5. The second kappa shape index (κ2) is 6.66. The van der Waals surface area contributed by atoms with E-state index < -0.39 is 21.7 Å². The van der Waals surface area contributed by atoms with Crippen LogP contribution in [0.5, 0.6) is 0 Å². The summed E-state index contributed by atoms with van der Waals surface area (Å²) in [6.07, 6.45) is -1.70. The van der Waals surface area contributed by atoms with Crippen molar-refractivity contribution in [3.63, 3.8) is 0 Å². The van der Waals surface area contributed by atoms with Crippen LogP contribution in [0, 0.1) is 6.92 Å². The molecule has 0 radical (unpaired) electrons. The Morgan fingerprint density at radius 3 is 2.40 bits per heavy atom. The molecule has 0 spiro atoms. The van der Waals surface area contributed by atoms with Gasteiger partial charge in [-0.25, -0.2) is 18.1 Å². The van der Waals surface area contributed by atoms with Crippen LogP contribution in [0.15, 0.2) is 23.4 Å². The summed E-state index contributed by atoms with van der Waals surface area (Å²) in [5.41, 5.74) is -0.790. The van der Waals surface area contributed by atoms with Gasteiger partial charge in [-0.15, -0.1) is 0 Å². The maximum Gasteiger partial charge on any atom is 0.435 e. The molecule has 2 aromatic rings. The van der Waals surface area contributed by atoms with Crippen molar-refractivity contribution < 1.29 is 21.6 Å². The number of halogens is 3. The Hall–Kier alpha value is -2.10. The number of pyridine rings is 1. The zero-order valence-corrected chi connectivity index (χ0v) is 15.0. The molecule has 0 bridgehead atoms. The summed E-state index contributed by atoms with van der Waals surface area (Å²) in [5, 5.41) is 6.53. The Balaban J connectivity index is 2.59. The fourth-order valence-corrected chi connectivity index (χ4v) is 2.73. The predicted molar refractivity (Wildman–Crippen MR) is 87.6 cm³/mol. The SMILES string of the molecule is CCC(C)Nc1c(C)c(C(F)(F)F)nn1-c1ccc(S(C)(=O)=O)nc1. The Bertz CT molecular complexity index is 858. The van der Waals surface area contributed by atoms with Gasteiger partial charge in [-0.3, -0.25) is 0 Å². The lowest BCUT2D eigenvalue weighted by Crippen LogP contribution is -2.17. The highest BCUT2D eigenvalue weighted by Crippen LogP contribution is 2.35. The molecule has 2 heterocycles. The molecule has 1 unspecified atom stereocenters. The van der Waals surface area contributed by atoms with Gasteiger partial charge in [0.2, 0.25) is 0 Å². The van der Waals surface area contributed by atoms with Gasteiger partial charge < -0.3 is 5.32 Å². The zero-order chi connectivity index (χ0) is 19.0. The third kappa shape index (κ3) is 4.12. The first kappa shape index (κ1) is 19.2. The summed E-state index contributed by atoms with van der Waals surface area (Å²) in [6.45, 7) is 5.09. The third-order valence-electron chi connectivity index (χ3n) is 3.73. The molecule has 0 aliphatic heterocycles. The van der Waals surface area contributed by atoms with Gasteiger partial charge >= 0.3 is 6.18 Å². The van der Waals surface area contributed by atoms with Gasteiger partial charge in [0.05, 0.1) is 11.9 Å². The monoisotopic (exact) mass is 376 g/mol. The Morgan fingerprint density at radius 2 is 1.96 bits per heavy atom. The largest absolute Gasteiger partial charge is 0.435 e. The van der Waals surface area contributed by atoms with E-state index in [1.165, 1.54) is 25.3 Å². The molecule has 6 nitrogen and oxygen atoms in total. The van der Waals surface area contributed by atoms with Crippen LogP contribution in [0.2, 0.25) is 0 Å². The first-order valence-corrected chi connectivity index (χ1v) is 9.44. The fraction of sp³-hybridized carbons (Fsp3) is 0.467. The summed E-state index contributed by atoms with van der Waals surface area (Å²) in [7, 11) is -3.50. The van der Waals surface area contributed by atoms with Crippen molar-refractivity contribution in [2.45, 2.75) is 44.4 Å². The lowest BCUT2D eigenvalue weighted by molar-refractivity contribution is -0.141. The molecule has 0 aliphatic rings. The topological polar surface area (TPSA) is 76.9 Å². The molecule has 10 heteroatoms. The van der Waals surface area contributed by atoms with E-state index in [1.807, 2.05) is 13.8 Å². The van der Waals surface area contributed by atoms with Crippen molar-refractivity contribution in [1.82, 2.24) is 14.8 Å². The van der Waals surface area contributed by atoms with Crippen LogP contribution < -0.4 is 5.32 Å². The first-order valence-electron chi connectivity index (χ1n) is 7.55. The van der Waals surface area contributed by atoms with Crippen LogP contribution in [-0.2, 0) is 16.0 Å². The van der Waals surface area contributed by atoms with Crippen LogP contribution in [-0.4, -0.2) is 35.5 Å². The van der Waals surface area contributed by atoms with Crippen LogP contribution >= 0.6 is 0 Å². The molecule has 0 saturated carbocycles. The third-order valence-corrected chi connectivity index (χ3v) is 4.73. The minimum absolute atomic E-state index is 0.0278. The molecule has 1 atom stereocenters. The van der Waals surface area contributed by atoms with Gasteiger partial charge in [-0.1, -0.05) is 6.92 Å². The van der Waals surface area contributed by atoms with Crippen molar-refractivity contribution >= 4 is 15.7 Å². The van der Waals surface area contributed by atoms with E-state index in [1.54, 1.807) is 0 Å². The highest BCUT2D eigenvalue weighted by molar-refractivity contribution is 7.90. The summed E-state index contributed by atoms with van der Waals surface area (Å²) >= 11 is 0. The van der Waals surface area contributed by atoms with Crippen LogP contribution in [0.4, 0.5) is 19.0 Å². The predicted octanol–water partition coefficient (Wildman–Crippen LogP) is 3.21. The smallest absolute Gasteiger partial charge is 0.367 e. The van der Waals surface area contributed by atoms with E-state index in [2.05, 4.69) is 15.4 Å². The molecule has 0 saturated heterocycles. The molecule has 1 N–H and O–H groups in total. The standard InChI is InChI=1S/C15H19F3N4O2S/c1-5-9(2)20-14-10(3)13(15(16,17)18)21-22(14)11-6-7-12(19-8-11)25(4,23)24/h6-9,20H,5H2,1-4H3. The molecule has 0 aliphatic carbocycles. The van der Waals surface area contributed by atoms with Crippen LogP contribution in [0.3, 0.4) is 0 Å². The van der Waals surface area contributed by atoms with E-state index in [9.17, 15) is 21.6 Å². The number of nitrogens with one attached hydrogen (secondary N) is 1. The van der Waals surface area contributed by atoms with Crippen molar-refractivity contribution in [1.29, 1.82) is 0 Å². The Labute approximate surface area is 144 Å². The highest BCUT2D eigenvalue weighted by atomic mass is 32.2. The zero-order valence-electron chi connectivity index (χ0n) is 14.2. The summed E-state index contributed by atoms with van der Waals surface area (Å²) in [5.74, 6) is 0.204. The Kier molecular flexibility index (Phi) is 5.12. The van der Waals surface area contributed by atoms with E-state index in [0.29, 0.717) is 6.42 Å². The molecule has 0 fully saturated rings. The average Bonchev–Trinajstić information content (AvgIpc) is 2.83. The van der Waals surface area contributed by atoms with Gasteiger partial charge in [-0.2, -0.15) is 18.3 Å². The molecule has 0 aromatic carbocycles. The van der Waals surface area contributed by atoms with E-state index in [4.69, 9.17) is 0 Å². The highest BCUT2D eigenvalue weighted by Gasteiger charge is 2.38.